The second kappa shape index (κ2) is 14.5. The number of carbonyl (C=O) groups is 4. The number of aromatic hydroxyl groups is 1. The summed E-state index contributed by atoms with van der Waals surface area (Å²) < 4.78 is 0. The zero-order chi connectivity index (χ0) is 25.8. The second-order valence-corrected chi connectivity index (χ2v) is 9.24. The van der Waals surface area contributed by atoms with Crippen molar-refractivity contribution in [2.24, 2.45) is 11.7 Å². The summed E-state index contributed by atoms with van der Waals surface area (Å²) in [5.74, 6) is -2.35. The minimum absolute atomic E-state index is 0.00447. The van der Waals surface area contributed by atoms with Crippen LogP contribution in [-0.2, 0) is 25.6 Å². The molecule has 0 heterocycles. The van der Waals surface area contributed by atoms with Gasteiger partial charge in [0.25, 0.3) is 0 Å². The van der Waals surface area contributed by atoms with E-state index in [2.05, 4.69) is 16.0 Å². The summed E-state index contributed by atoms with van der Waals surface area (Å²) in [7, 11) is 0. The number of nitrogens with one attached hydrogen (secondary N) is 3. The number of phenolic OH excluding ortho intramolecular Hbond substituents is 1. The summed E-state index contributed by atoms with van der Waals surface area (Å²) in [6.07, 6.45) is 2.84. The molecule has 34 heavy (non-hydrogen) atoms. The van der Waals surface area contributed by atoms with E-state index in [-0.39, 0.29) is 24.5 Å². The van der Waals surface area contributed by atoms with E-state index in [9.17, 15) is 29.4 Å². The first kappa shape index (κ1) is 29.2. The number of nitrogens with two attached hydrogens (primary N) is 1. The highest BCUT2D eigenvalue weighted by Crippen LogP contribution is 2.12. The molecule has 7 N–H and O–H groups in total. The van der Waals surface area contributed by atoms with E-state index >= 15 is 0 Å². The molecule has 190 valence electrons. The van der Waals surface area contributed by atoms with E-state index < -0.39 is 47.9 Å². The smallest absolute Gasteiger partial charge is 0.326 e. The van der Waals surface area contributed by atoms with Gasteiger partial charge in [-0.15, -0.1) is 0 Å². The van der Waals surface area contributed by atoms with Crippen molar-refractivity contribution in [3.63, 3.8) is 0 Å². The Morgan fingerprint density at radius 3 is 2.09 bits per heavy atom. The van der Waals surface area contributed by atoms with Gasteiger partial charge in [0.15, 0.2) is 0 Å². The highest BCUT2D eigenvalue weighted by atomic mass is 32.2. The Balaban J connectivity index is 2.84. The third-order valence-electron chi connectivity index (χ3n) is 5.55. The number of rotatable bonds is 14. The topological polar surface area (TPSA) is 171 Å². The average Bonchev–Trinajstić information content (AvgIpc) is 2.80. The highest BCUT2D eigenvalue weighted by Gasteiger charge is 2.29. The zero-order valence-corrected chi connectivity index (χ0v) is 20.9. The summed E-state index contributed by atoms with van der Waals surface area (Å²) in [4.78, 5) is 49.6. The fraction of sp³-hybridized carbons (Fsp3) is 0.565. The number of carbonyl (C=O) groups excluding carboxylic acids is 3. The molecular weight excluding hydrogens is 460 g/mol. The molecule has 0 bridgehead atoms. The maximum absolute atomic E-state index is 12.9. The Morgan fingerprint density at radius 2 is 1.56 bits per heavy atom. The highest BCUT2D eigenvalue weighted by molar-refractivity contribution is 7.98. The number of aliphatic carboxylic acids is 1. The van der Waals surface area contributed by atoms with Crippen LogP contribution in [0.4, 0.5) is 0 Å². The van der Waals surface area contributed by atoms with Gasteiger partial charge in [-0.2, -0.15) is 11.8 Å². The molecule has 5 atom stereocenters. The quantitative estimate of drug-likeness (QED) is 0.218. The van der Waals surface area contributed by atoms with Crippen LogP contribution in [0.1, 0.15) is 39.2 Å². The van der Waals surface area contributed by atoms with Crippen LogP contribution in [0.5, 0.6) is 5.75 Å². The largest absolute Gasteiger partial charge is 0.508 e. The molecule has 0 radical (unpaired) electrons. The van der Waals surface area contributed by atoms with Crippen molar-refractivity contribution in [1.82, 2.24) is 16.0 Å². The number of benzene rings is 1. The van der Waals surface area contributed by atoms with E-state index in [1.165, 1.54) is 30.8 Å². The van der Waals surface area contributed by atoms with Gasteiger partial charge in [-0.25, -0.2) is 4.79 Å². The number of amides is 3. The van der Waals surface area contributed by atoms with Gasteiger partial charge < -0.3 is 31.9 Å². The van der Waals surface area contributed by atoms with Crippen molar-refractivity contribution < 1.29 is 29.4 Å². The van der Waals surface area contributed by atoms with Crippen LogP contribution >= 0.6 is 11.8 Å². The van der Waals surface area contributed by atoms with Gasteiger partial charge in [0.05, 0.1) is 6.04 Å². The van der Waals surface area contributed by atoms with Gasteiger partial charge in [-0.1, -0.05) is 32.4 Å². The van der Waals surface area contributed by atoms with Gasteiger partial charge in [-0.05, 0) is 49.0 Å². The third-order valence-corrected chi connectivity index (χ3v) is 6.19. The first-order valence-electron chi connectivity index (χ1n) is 11.2. The lowest BCUT2D eigenvalue weighted by atomic mass is 9.99. The summed E-state index contributed by atoms with van der Waals surface area (Å²) in [6.45, 7) is 5.24. The lowest BCUT2D eigenvalue weighted by Crippen LogP contribution is -2.57. The van der Waals surface area contributed by atoms with Crippen molar-refractivity contribution in [2.75, 3.05) is 12.0 Å². The van der Waals surface area contributed by atoms with Crippen molar-refractivity contribution >= 4 is 35.5 Å². The first-order chi connectivity index (χ1) is 16.0. The molecule has 0 saturated heterocycles. The molecule has 0 saturated carbocycles. The summed E-state index contributed by atoms with van der Waals surface area (Å²) >= 11 is 1.47. The van der Waals surface area contributed by atoms with E-state index in [0.717, 1.165) is 0 Å². The number of hydrogen-bond acceptors (Lipinski definition) is 7. The fourth-order valence-electron chi connectivity index (χ4n) is 3.03. The van der Waals surface area contributed by atoms with Crippen LogP contribution < -0.4 is 21.7 Å². The van der Waals surface area contributed by atoms with Gasteiger partial charge in [0.1, 0.15) is 23.9 Å². The lowest BCUT2D eigenvalue weighted by molar-refractivity contribution is -0.142. The lowest BCUT2D eigenvalue weighted by Gasteiger charge is -2.24. The SMILES string of the molecule is CCC(C)C(N)C(=O)NC(C)C(=O)NC(CCSC)C(=O)NC(Cc1ccc(O)cc1)C(=O)O. The van der Waals surface area contributed by atoms with Crippen molar-refractivity contribution in [3.05, 3.63) is 29.8 Å². The third kappa shape index (κ3) is 9.60. The minimum atomic E-state index is -1.23. The van der Waals surface area contributed by atoms with Crippen molar-refractivity contribution in [1.29, 1.82) is 0 Å². The Labute approximate surface area is 204 Å². The molecule has 0 spiro atoms. The molecule has 10 nitrogen and oxygen atoms in total. The first-order valence-corrected chi connectivity index (χ1v) is 12.6. The molecule has 1 aromatic rings. The monoisotopic (exact) mass is 496 g/mol. The average molecular weight is 497 g/mol. The minimum Gasteiger partial charge on any atom is -0.508 e. The van der Waals surface area contributed by atoms with E-state index in [0.29, 0.717) is 17.7 Å². The summed E-state index contributed by atoms with van der Waals surface area (Å²) in [5, 5.41) is 26.6. The molecule has 1 rings (SSSR count). The number of phenols is 1. The zero-order valence-electron chi connectivity index (χ0n) is 20.0. The molecule has 0 aliphatic heterocycles. The second-order valence-electron chi connectivity index (χ2n) is 8.25. The number of carboxylic acid groups (broad SMARTS) is 1. The summed E-state index contributed by atoms with van der Waals surface area (Å²) in [6, 6.07) is 2.10. The van der Waals surface area contributed by atoms with Gasteiger partial charge in [0, 0.05) is 6.42 Å². The molecule has 1 aromatic carbocycles. The molecule has 0 aliphatic rings. The van der Waals surface area contributed by atoms with Crippen molar-refractivity contribution in [3.8, 4) is 5.75 Å². The molecule has 0 aromatic heterocycles. The van der Waals surface area contributed by atoms with E-state index in [1.54, 1.807) is 12.1 Å². The molecule has 3 amide bonds. The van der Waals surface area contributed by atoms with Crippen LogP contribution in [0.15, 0.2) is 24.3 Å². The van der Waals surface area contributed by atoms with Crippen LogP contribution in [-0.4, -0.2) is 70.1 Å². The fourth-order valence-corrected chi connectivity index (χ4v) is 3.50. The van der Waals surface area contributed by atoms with E-state index in [4.69, 9.17) is 5.73 Å². The molecular formula is C23H36N4O6S. The Hall–Kier alpha value is -2.79. The van der Waals surface area contributed by atoms with E-state index in [1.807, 2.05) is 20.1 Å². The maximum atomic E-state index is 12.9. The normalized spacial score (nSPS) is 15.3. The van der Waals surface area contributed by atoms with Crippen LogP contribution in [0.2, 0.25) is 0 Å². The Bertz CT molecular complexity index is 835. The Morgan fingerprint density at radius 1 is 0.971 bits per heavy atom. The predicted octanol–water partition coefficient (Wildman–Crippen LogP) is 0.620. The van der Waals surface area contributed by atoms with Gasteiger partial charge >= 0.3 is 5.97 Å². The molecule has 0 fully saturated rings. The molecule has 11 heteroatoms. The predicted molar refractivity (Wildman–Crippen MR) is 131 cm³/mol. The van der Waals surface area contributed by atoms with Crippen molar-refractivity contribution in [2.45, 2.75) is 64.2 Å². The summed E-state index contributed by atoms with van der Waals surface area (Å²) in [5.41, 5.74) is 6.52. The number of carboxylic acids is 1. The maximum Gasteiger partial charge on any atom is 0.326 e. The number of thioether (sulfide) groups is 1. The Kier molecular flexibility index (Phi) is 12.4. The van der Waals surface area contributed by atoms with Crippen LogP contribution in [0, 0.1) is 5.92 Å². The van der Waals surface area contributed by atoms with Crippen LogP contribution in [0.25, 0.3) is 0 Å². The standard InChI is InChI=1S/C23H36N4O6S/c1-5-13(2)19(24)22(31)25-14(3)20(29)26-17(10-11-34-4)21(30)27-18(23(32)33)12-15-6-8-16(28)9-7-15/h6-9,13-14,17-19,28H,5,10-12,24H2,1-4H3,(H,25,31)(H,26,29)(H,27,30)(H,32,33). The van der Waals surface area contributed by atoms with Crippen LogP contribution in [0.3, 0.4) is 0 Å². The van der Waals surface area contributed by atoms with Gasteiger partial charge in [0.2, 0.25) is 17.7 Å². The number of hydrogen-bond donors (Lipinski definition) is 6. The molecule has 5 unspecified atom stereocenters. The molecule has 0 aliphatic carbocycles. The van der Waals surface area contributed by atoms with Gasteiger partial charge in [-0.3, -0.25) is 14.4 Å².